The smallest absolute Gasteiger partial charge is 0.385 e. The molecular weight excluding hydrogens is 469 g/mol. The van der Waals surface area contributed by atoms with Gasteiger partial charge in [0.05, 0.1) is 16.9 Å². The van der Waals surface area contributed by atoms with Gasteiger partial charge < -0.3 is 16.4 Å². The van der Waals surface area contributed by atoms with Crippen LogP contribution < -0.4 is 16.4 Å². The Morgan fingerprint density at radius 2 is 1.86 bits per heavy atom. The Morgan fingerprint density at radius 1 is 1.06 bits per heavy atom. The second-order valence-electron chi connectivity index (χ2n) is 7.96. The van der Waals surface area contributed by atoms with E-state index in [9.17, 15) is 18.0 Å². The zero-order valence-corrected chi connectivity index (χ0v) is 19.5. The van der Waals surface area contributed by atoms with Crippen LogP contribution in [0.2, 0.25) is 0 Å². The quantitative estimate of drug-likeness (QED) is 0.301. The standard InChI is InChI=1S/C26H23F3N6O/c1-3-32-21-9-7-16(13-19(21)26(27,28)29)22-18(24(30)36)8-6-15(2)23(22)35-25-33-12-10-20(34-25)17-5-4-11-31-14-17/h4-14,32H,3H2,1-2H3,(H2,30,36)(H,33,34,35). The van der Waals surface area contributed by atoms with Crippen molar-refractivity contribution in [2.75, 3.05) is 17.2 Å². The van der Waals surface area contributed by atoms with E-state index in [2.05, 4.69) is 25.6 Å². The van der Waals surface area contributed by atoms with Crippen LogP contribution in [0, 0.1) is 6.92 Å². The number of aromatic nitrogens is 3. The van der Waals surface area contributed by atoms with Gasteiger partial charge in [0, 0.05) is 47.5 Å². The molecule has 2 aromatic carbocycles. The topological polar surface area (TPSA) is 106 Å². The summed E-state index contributed by atoms with van der Waals surface area (Å²) >= 11 is 0. The maximum absolute atomic E-state index is 13.9. The van der Waals surface area contributed by atoms with Crippen molar-refractivity contribution in [3.63, 3.8) is 0 Å². The highest BCUT2D eigenvalue weighted by atomic mass is 19.4. The number of nitrogens with one attached hydrogen (secondary N) is 2. The van der Waals surface area contributed by atoms with Crippen LogP contribution in [0.3, 0.4) is 0 Å². The third-order valence-electron chi connectivity index (χ3n) is 5.51. The number of nitrogens with two attached hydrogens (primary N) is 1. The number of nitrogens with zero attached hydrogens (tertiary/aromatic N) is 3. The molecular formula is C26H23F3N6O. The molecule has 0 aliphatic rings. The molecule has 0 atom stereocenters. The van der Waals surface area contributed by atoms with Crippen molar-refractivity contribution in [1.29, 1.82) is 0 Å². The van der Waals surface area contributed by atoms with Gasteiger partial charge in [0.1, 0.15) is 0 Å². The van der Waals surface area contributed by atoms with Gasteiger partial charge in [0.2, 0.25) is 11.9 Å². The van der Waals surface area contributed by atoms with Crippen molar-refractivity contribution in [1.82, 2.24) is 15.0 Å². The first-order valence-corrected chi connectivity index (χ1v) is 11.1. The zero-order valence-electron chi connectivity index (χ0n) is 19.5. The van der Waals surface area contributed by atoms with E-state index in [1.807, 2.05) is 6.07 Å². The molecule has 36 heavy (non-hydrogen) atoms. The summed E-state index contributed by atoms with van der Waals surface area (Å²) in [4.78, 5) is 25.2. The minimum absolute atomic E-state index is 0.0518. The number of halogens is 3. The first kappa shape index (κ1) is 24.6. The summed E-state index contributed by atoms with van der Waals surface area (Å²) in [6.45, 7) is 3.79. The third-order valence-corrected chi connectivity index (χ3v) is 5.51. The SMILES string of the molecule is CCNc1ccc(-c2c(C(N)=O)ccc(C)c2Nc2nccc(-c3cccnc3)n2)cc1C(F)(F)F. The van der Waals surface area contributed by atoms with Crippen LogP contribution in [-0.2, 0) is 6.18 Å². The molecule has 1 amide bonds. The number of carbonyl (C=O) groups is 1. The van der Waals surface area contributed by atoms with Gasteiger partial charge in [-0.3, -0.25) is 9.78 Å². The summed E-state index contributed by atoms with van der Waals surface area (Å²) < 4.78 is 41.7. The van der Waals surface area contributed by atoms with Crippen LogP contribution in [0.5, 0.6) is 0 Å². The van der Waals surface area contributed by atoms with Gasteiger partial charge in [-0.2, -0.15) is 13.2 Å². The predicted molar refractivity (Wildman–Crippen MR) is 133 cm³/mol. The van der Waals surface area contributed by atoms with Crippen molar-refractivity contribution >= 4 is 23.2 Å². The molecule has 10 heteroatoms. The highest BCUT2D eigenvalue weighted by Crippen LogP contribution is 2.41. The molecule has 0 aliphatic carbocycles. The zero-order chi connectivity index (χ0) is 25.9. The number of anilines is 3. The number of hydrogen-bond acceptors (Lipinski definition) is 6. The van der Waals surface area contributed by atoms with Crippen LogP contribution in [0.25, 0.3) is 22.4 Å². The number of rotatable bonds is 7. The van der Waals surface area contributed by atoms with Gasteiger partial charge in [0.15, 0.2) is 0 Å². The first-order chi connectivity index (χ1) is 17.2. The maximum Gasteiger partial charge on any atom is 0.418 e. The molecule has 2 heterocycles. The van der Waals surface area contributed by atoms with E-state index in [4.69, 9.17) is 5.73 Å². The molecule has 0 radical (unpaired) electrons. The van der Waals surface area contributed by atoms with Gasteiger partial charge >= 0.3 is 6.18 Å². The largest absolute Gasteiger partial charge is 0.418 e. The molecule has 7 nitrogen and oxygen atoms in total. The fourth-order valence-corrected chi connectivity index (χ4v) is 3.86. The number of aryl methyl sites for hydroxylation is 1. The monoisotopic (exact) mass is 492 g/mol. The normalized spacial score (nSPS) is 11.2. The van der Waals surface area contributed by atoms with Crippen LogP contribution in [0.15, 0.2) is 67.1 Å². The molecule has 0 aliphatic heterocycles. The van der Waals surface area contributed by atoms with Crippen molar-refractivity contribution in [2.24, 2.45) is 5.73 Å². The van der Waals surface area contributed by atoms with Gasteiger partial charge in [-0.05, 0) is 61.4 Å². The van der Waals surface area contributed by atoms with Gasteiger partial charge in [-0.1, -0.05) is 12.1 Å². The Hall–Kier alpha value is -4.47. The van der Waals surface area contributed by atoms with E-state index < -0.39 is 17.6 Å². The summed E-state index contributed by atoms with van der Waals surface area (Å²) in [6.07, 6.45) is 0.239. The van der Waals surface area contributed by atoms with Crippen molar-refractivity contribution in [2.45, 2.75) is 20.0 Å². The molecule has 0 spiro atoms. The fourth-order valence-electron chi connectivity index (χ4n) is 3.86. The van der Waals surface area contributed by atoms with Crippen LogP contribution >= 0.6 is 0 Å². The molecule has 0 unspecified atom stereocenters. The van der Waals surface area contributed by atoms with Gasteiger partial charge in [-0.15, -0.1) is 0 Å². The Bertz CT molecular complexity index is 1410. The molecule has 0 saturated heterocycles. The summed E-state index contributed by atoms with van der Waals surface area (Å²) in [5.41, 5.74) is 7.59. The summed E-state index contributed by atoms with van der Waals surface area (Å²) in [5.74, 6) is -0.579. The molecule has 0 saturated carbocycles. The van der Waals surface area contributed by atoms with E-state index in [0.717, 1.165) is 11.6 Å². The molecule has 4 rings (SSSR count). The Morgan fingerprint density at radius 3 is 2.53 bits per heavy atom. The molecule has 0 fully saturated rings. The third kappa shape index (κ3) is 5.12. The molecule has 184 valence electrons. The average Bonchev–Trinajstić information content (AvgIpc) is 2.85. The van der Waals surface area contributed by atoms with E-state index >= 15 is 0 Å². The lowest BCUT2D eigenvalue weighted by Gasteiger charge is -2.20. The molecule has 2 aromatic heterocycles. The number of primary amides is 1. The second kappa shape index (κ2) is 10.0. The van der Waals surface area contributed by atoms with E-state index in [1.165, 1.54) is 18.2 Å². The van der Waals surface area contributed by atoms with Crippen LogP contribution in [-0.4, -0.2) is 27.4 Å². The number of pyridine rings is 1. The summed E-state index contributed by atoms with van der Waals surface area (Å²) in [7, 11) is 0. The second-order valence-corrected chi connectivity index (χ2v) is 7.96. The van der Waals surface area contributed by atoms with E-state index in [0.29, 0.717) is 23.5 Å². The van der Waals surface area contributed by atoms with Gasteiger partial charge in [0.25, 0.3) is 0 Å². The Kier molecular flexibility index (Phi) is 6.86. The highest BCUT2D eigenvalue weighted by molar-refractivity contribution is 6.04. The number of benzene rings is 2. The highest BCUT2D eigenvalue weighted by Gasteiger charge is 2.34. The lowest BCUT2D eigenvalue weighted by atomic mass is 9.92. The lowest BCUT2D eigenvalue weighted by molar-refractivity contribution is -0.136. The van der Waals surface area contributed by atoms with Gasteiger partial charge in [-0.25, -0.2) is 9.97 Å². The number of hydrogen-bond donors (Lipinski definition) is 3. The Balaban J connectivity index is 1.87. The van der Waals surface area contributed by atoms with E-state index in [1.54, 1.807) is 50.6 Å². The molecule has 0 bridgehead atoms. The van der Waals surface area contributed by atoms with Crippen LogP contribution in [0.1, 0.15) is 28.4 Å². The Labute approximate surface area is 205 Å². The summed E-state index contributed by atoms with van der Waals surface area (Å²) in [5, 5.41) is 5.83. The van der Waals surface area contributed by atoms with E-state index in [-0.39, 0.29) is 28.3 Å². The number of alkyl halides is 3. The lowest BCUT2D eigenvalue weighted by Crippen LogP contribution is -2.15. The van der Waals surface area contributed by atoms with Crippen molar-refractivity contribution in [3.8, 4) is 22.4 Å². The van der Waals surface area contributed by atoms with Crippen molar-refractivity contribution in [3.05, 3.63) is 83.8 Å². The maximum atomic E-state index is 13.9. The minimum Gasteiger partial charge on any atom is -0.385 e. The first-order valence-electron chi connectivity index (χ1n) is 11.1. The van der Waals surface area contributed by atoms with Crippen LogP contribution in [0.4, 0.5) is 30.5 Å². The summed E-state index contributed by atoms with van der Waals surface area (Å²) in [6, 6.07) is 12.4. The minimum atomic E-state index is -4.61. The molecule has 4 aromatic rings. The van der Waals surface area contributed by atoms with Crippen molar-refractivity contribution < 1.29 is 18.0 Å². The average molecular weight is 493 g/mol. The number of carbonyl (C=O) groups excluding carboxylic acids is 1. The number of amides is 1. The predicted octanol–water partition coefficient (Wildman–Crippen LogP) is 5.81. The molecule has 4 N–H and O–H groups in total. The fraction of sp³-hybridized carbons (Fsp3) is 0.154.